The molecule has 2 aromatic rings. The van der Waals surface area contributed by atoms with Gasteiger partial charge < -0.3 is 34.4 Å². The maximum Gasteiger partial charge on any atom is 0.479 e. The topological polar surface area (TPSA) is 244 Å². The SMILES string of the molecule is O=c1[nH]cnc2c1ncn2[C@H]1C[C@H](O)[C@@H](COP(=O)(O)OP(=O)(O)CP(=O)(O)O)O1. The van der Waals surface area contributed by atoms with Gasteiger partial charge in [-0.25, -0.2) is 18.8 Å². The van der Waals surface area contributed by atoms with Gasteiger partial charge in [0.1, 0.15) is 12.3 Å². The van der Waals surface area contributed by atoms with Gasteiger partial charge in [-0.2, -0.15) is 0 Å². The molecule has 19 heteroatoms. The van der Waals surface area contributed by atoms with Crippen molar-refractivity contribution in [3.63, 3.8) is 0 Å². The first-order chi connectivity index (χ1) is 13.8. The number of aromatic amines is 1. The summed E-state index contributed by atoms with van der Waals surface area (Å²) in [4.78, 5) is 58.2. The van der Waals surface area contributed by atoms with Crippen LogP contribution < -0.4 is 5.56 Å². The van der Waals surface area contributed by atoms with E-state index in [0.717, 1.165) is 6.33 Å². The van der Waals surface area contributed by atoms with Gasteiger partial charge in [0.25, 0.3) is 5.56 Å². The second kappa shape index (κ2) is 8.34. The first-order valence-corrected chi connectivity index (χ1v) is 13.1. The number of nitrogens with one attached hydrogen (secondary N) is 1. The zero-order chi connectivity index (χ0) is 22.3. The largest absolute Gasteiger partial charge is 0.479 e. The second-order valence-electron chi connectivity index (χ2n) is 6.28. The van der Waals surface area contributed by atoms with Gasteiger partial charge in [-0.15, -0.1) is 0 Å². The van der Waals surface area contributed by atoms with E-state index in [2.05, 4.69) is 23.8 Å². The lowest BCUT2D eigenvalue weighted by Gasteiger charge is -2.19. The number of ether oxygens (including phenoxy) is 1. The number of rotatable bonds is 8. The standard InChI is InChI=1S/C11H17N4O12P3/c16-6-1-8(15-4-14-9-10(15)12-3-13-11(9)17)26-7(6)2-25-30(23,24)27-29(21,22)5-28(18,19)20/h3-4,6-8,16H,1-2,5H2,(H,21,22)(H,23,24)(H,12,13,17)(H2,18,19,20)/t6-,7+,8+/m0/s1. The van der Waals surface area contributed by atoms with Gasteiger partial charge in [0.2, 0.25) is 0 Å². The molecule has 3 rings (SSSR count). The fraction of sp³-hybridized carbons (Fsp3) is 0.545. The molecule has 1 saturated heterocycles. The van der Waals surface area contributed by atoms with E-state index in [0.29, 0.717) is 0 Å². The minimum atomic E-state index is -5.23. The predicted molar refractivity (Wildman–Crippen MR) is 96.3 cm³/mol. The Bertz CT molecular complexity index is 1130. The summed E-state index contributed by atoms with van der Waals surface area (Å²) in [5.41, 5.74) is -0.279. The molecule has 30 heavy (non-hydrogen) atoms. The Morgan fingerprint density at radius 1 is 1.23 bits per heavy atom. The number of aliphatic hydroxyl groups excluding tert-OH is 1. The summed E-state index contributed by atoms with van der Waals surface area (Å²) < 4.78 is 49.6. The lowest BCUT2D eigenvalue weighted by molar-refractivity contribution is -0.0421. The molecule has 3 heterocycles. The average Bonchev–Trinajstić information content (AvgIpc) is 3.14. The number of phosphoric ester groups is 1. The number of nitrogens with zero attached hydrogens (tertiary/aromatic N) is 3. The highest BCUT2D eigenvalue weighted by atomic mass is 31.3. The minimum absolute atomic E-state index is 0.0265. The number of fused-ring (bicyclic) bond motifs is 1. The van der Waals surface area contributed by atoms with Crippen molar-refractivity contribution in [3.05, 3.63) is 23.0 Å². The van der Waals surface area contributed by atoms with E-state index >= 15 is 0 Å². The summed E-state index contributed by atoms with van der Waals surface area (Å²) in [6.07, 6.45) is -0.855. The third-order valence-electron chi connectivity index (χ3n) is 3.88. The molecule has 2 unspecified atom stereocenters. The number of H-pyrrole nitrogens is 1. The van der Waals surface area contributed by atoms with Gasteiger partial charge in [0, 0.05) is 6.42 Å². The van der Waals surface area contributed by atoms with E-state index in [-0.39, 0.29) is 17.6 Å². The maximum atomic E-state index is 11.8. The molecule has 0 amide bonds. The van der Waals surface area contributed by atoms with Crippen LogP contribution in [0.25, 0.3) is 11.2 Å². The summed E-state index contributed by atoms with van der Waals surface area (Å²) in [5, 5.41) is 10.1. The molecule has 0 bridgehead atoms. The van der Waals surface area contributed by atoms with Crippen molar-refractivity contribution in [2.75, 3.05) is 12.5 Å². The molecule has 0 aliphatic carbocycles. The van der Waals surface area contributed by atoms with Crippen LogP contribution in [0.2, 0.25) is 0 Å². The lowest BCUT2D eigenvalue weighted by Crippen LogP contribution is -2.26. The number of aromatic nitrogens is 4. The van der Waals surface area contributed by atoms with Gasteiger partial charge in [-0.3, -0.25) is 23.0 Å². The van der Waals surface area contributed by atoms with Crippen LogP contribution in [0.4, 0.5) is 0 Å². The van der Waals surface area contributed by atoms with E-state index in [1.807, 2.05) is 0 Å². The Labute approximate surface area is 166 Å². The fourth-order valence-corrected chi connectivity index (χ4v) is 7.07. The Kier molecular flexibility index (Phi) is 6.50. The van der Waals surface area contributed by atoms with Gasteiger partial charge >= 0.3 is 23.0 Å². The van der Waals surface area contributed by atoms with Gasteiger partial charge in [-0.05, 0) is 0 Å². The molecule has 16 nitrogen and oxygen atoms in total. The van der Waals surface area contributed by atoms with Gasteiger partial charge in [0.15, 0.2) is 17.1 Å². The molecule has 0 aromatic carbocycles. The van der Waals surface area contributed by atoms with Crippen molar-refractivity contribution in [1.29, 1.82) is 0 Å². The predicted octanol–water partition coefficient (Wildman–Crippen LogP) is -0.778. The molecule has 6 N–H and O–H groups in total. The minimum Gasteiger partial charge on any atom is -0.390 e. The van der Waals surface area contributed by atoms with Crippen LogP contribution in [-0.4, -0.2) is 68.9 Å². The number of imidazole rings is 1. The van der Waals surface area contributed by atoms with Crippen LogP contribution >= 0.6 is 23.0 Å². The highest BCUT2D eigenvalue weighted by molar-refractivity contribution is 7.73. The molecule has 2 aromatic heterocycles. The fourth-order valence-electron chi connectivity index (χ4n) is 2.72. The second-order valence-corrected chi connectivity index (χ2v) is 11.9. The summed E-state index contributed by atoms with van der Waals surface area (Å²) in [5.74, 6) is -1.68. The Hall–Kier alpha value is -1.28. The molecular formula is C11H17N4O12P3. The Balaban J connectivity index is 1.64. The number of aliphatic hydroxyl groups is 1. The molecular weight excluding hydrogens is 473 g/mol. The lowest BCUT2D eigenvalue weighted by atomic mass is 10.2. The van der Waals surface area contributed by atoms with Crippen LogP contribution in [0.5, 0.6) is 0 Å². The van der Waals surface area contributed by atoms with E-state index in [1.165, 1.54) is 10.9 Å². The summed E-state index contributed by atoms with van der Waals surface area (Å²) in [6.45, 7) is -0.762. The van der Waals surface area contributed by atoms with Gasteiger partial charge in [-0.1, -0.05) is 0 Å². The van der Waals surface area contributed by atoms with Crippen LogP contribution in [0.15, 0.2) is 17.4 Å². The molecule has 0 saturated carbocycles. The van der Waals surface area contributed by atoms with Crippen molar-refractivity contribution in [2.45, 2.75) is 24.9 Å². The van der Waals surface area contributed by atoms with Crippen LogP contribution in [0.1, 0.15) is 12.6 Å². The Morgan fingerprint density at radius 2 is 1.93 bits per heavy atom. The van der Waals surface area contributed by atoms with Crippen LogP contribution in [-0.2, 0) is 27.3 Å². The number of hydrogen-bond donors (Lipinski definition) is 6. The molecule has 5 atom stereocenters. The maximum absolute atomic E-state index is 11.8. The average molecular weight is 490 g/mol. The van der Waals surface area contributed by atoms with E-state index in [9.17, 15) is 33.4 Å². The van der Waals surface area contributed by atoms with Crippen molar-refractivity contribution < 1.29 is 51.9 Å². The molecule has 0 radical (unpaired) electrons. The number of phosphoric acid groups is 1. The summed E-state index contributed by atoms with van der Waals surface area (Å²) in [7, 11) is -15.4. The molecule has 0 spiro atoms. The first-order valence-electron chi connectivity index (χ1n) is 8.05. The van der Waals surface area contributed by atoms with Crippen molar-refractivity contribution in [1.82, 2.24) is 19.5 Å². The van der Waals surface area contributed by atoms with E-state index in [4.69, 9.17) is 14.5 Å². The molecule has 1 aliphatic rings. The van der Waals surface area contributed by atoms with Crippen molar-refractivity contribution in [3.8, 4) is 0 Å². The third kappa shape index (κ3) is 5.69. The highest BCUT2D eigenvalue weighted by Crippen LogP contribution is 2.65. The smallest absolute Gasteiger partial charge is 0.390 e. The Morgan fingerprint density at radius 3 is 2.60 bits per heavy atom. The van der Waals surface area contributed by atoms with Crippen molar-refractivity contribution >= 4 is 34.2 Å². The highest BCUT2D eigenvalue weighted by Gasteiger charge is 2.42. The zero-order valence-electron chi connectivity index (χ0n) is 14.8. The van der Waals surface area contributed by atoms with E-state index < -0.39 is 59.5 Å². The van der Waals surface area contributed by atoms with Crippen LogP contribution in [0.3, 0.4) is 0 Å². The summed E-state index contributed by atoms with van der Waals surface area (Å²) >= 11 is 0. The third-order valence-corrected chi connectivity index (χ3v) is 9.10. The number of hydrogen-bond acceptors (Lipinski definition) is 10. The first kappa shape index (κ1) is 23.4. The van der Waals surface area contributed by atoms with Gasteiger partial charge in [0.05, 0.1) is 25.4 Å². The molecule has 1 aliphatic heterocycles. The van der Waals surface area contributed by atoms with Crippen molar-refractivity contribution in [2.24, 2.45) is 0 Å². The van der Waals surface area contributed by atoms with Crippen LogP contribution in [0, 0.1) is 0 Å². The quantitative estimate of drug-likeness (QED) is 0.249. The molecule has 168 valence electrons. The normalized spacial score (nSPS) is 26.5. The zero-order valence-corrected chi connectivity index (χ0v) is 17.5. The summed E-state index contributed by atoms with van der Waals surface area (Å²) in [6, 6.07) is 0. The monoisotopic (exact) mass is 490 g/mol. The van der Waals surface area contributed by atoms with E-state index in [1.54, 1.807) is 0 Å². The molecule has 1 fully saturated rings.